The van der Waals surface area contributed by atoms with Gasteiger partial charge in [0.2, 0.25) is 0 Å². The van der Waals surface area contributed by atoms with Crippen molar-refractivity contribution in [3.63, 3.8) is 0 Å². The van der Waals surface area contributed by atoms with Crippen molar-refractivity contribution in [3.05, 3.63) is 22.2 Å². The summed E-state index contributed by atoms with van der Waals surface area (Å²) in [6, 6.07) is 3.99. The molecule has 0 radical (unpaired) electrons. The summed E-state index contributed by atoms with van der Waals surface area (Å²) in [5.41, 5.74) is 1.20. The fourth-order valence-corrected chi connectivity index (χ4v) is 3.93. The molecule has 1 atom stereocenters. The van der Waals surface area contributed by atoms with Crippen molar-refractivity contribution < 1.29 is 9.47 Å². The Bertz CT molecular complexity index is 422. The van der Waals surface area contributed by atoms with Gasteiger partial charge in [-0.2, -0.15) is 11.8 Å². The van der Waals surface area contributed by atoms with E-state index < -0.39 is 0 Å². The third-order valence-electron chi connectivity index (χ3n) is 3.33. The van der Waals surface area contributed by atoms with Crippen molar-refractivity contribution in [1.82, 2.24) is 5.32 Å². The van der Waals surface area contributed by atoms with Crippen LogP contribution in [0.5, 0.6) is 11.5 Å². The van der Waals surface area contributed by atoms with Crippen LogP contribution in [0.2, 0.25) is 0 Å². The standard InChI is InChI=1S/C14H20BrNO2S/c1-17-13-5-11(12(15)6-14(13)18-2)8-16-7-10-3-4-19-9-10/h5-6,10,16H,3-4,7-9H2,1-2H3. The van der Waals surface area contributed by atoms with E-state index >= 15 is 0 Å². The molecule has 1 aliphatic heterocycles. The summed E-state index contributed by atoms with van der Waals surface area (Å²) in [5, 5.41) is 3.53. The van der Waals surface area contributed by atoms with Gasteiger partial charge in [0.1, 0.15) is 0 Å². The Labute approximate surface area is 127 Å². The van der Waals surface area contributed by atoms with Gasteiger partial charge >= 0.3 is 0 Å². The van der Waals surface area contributed by atoms with Gasteiger partial charge in [-0.05, 0) is 48.1 Å². The van der Waals surface area contributed by atoms with E-state index in [9.17, 15) is 0 Å². The molecule has 3 nitrogen and oxygen atoms in total. The van der Waals surface area contributed by atoms with Crippen LogP contribution in [0.1, 0.15) is 12.0 Å². The fourth-order valence-electron chi connectivity index (χ4n) is 2.19. The highest BCUT2D eigenvalue weighted by Crippen LogP contribution is 2.33. The minimum absolute atomic E-state index is 0.755. The number of thioether (sulfide) groups is 1. The molecule has 0 spiro atoms. The van der Waals surface area contributed by atoms with Crippen LogP contribution in [-0.4, -0.2) is 32.3 Å². The molecule has 0 bridgehead atoms. The van der Waals surface area contributed by atoms with Crippen molar-refractivity contribution in [3.8, 4) is 11.5 Å². The summed E-state index contributed by atoms with van der Waals surface area (Å²) < 4.78 is 11.7. The number of halogens is 1. The number of rotatable bonds is 6. The number of methoxy groups -OCH3 is 2. The molecule has 0 aliphatic carbocycles. The Morgan fingerprint density at radius 1 is 1.32 bits per heavy atom. The molecule has 1 aliphatic rings. The molecule has 1 N–H and O–H groups in total. The molecule has 1 saturated heterocycles. The molecule has 5 heteroatoms. The van der Waals surface area contributed by atoms with Gasteiger partial charge in [0.15, 0.2) is 11.5 Å². The summed E-state index contributed by atoms with van der Waals surface area (Å²) in [6.45, 7) is 1.94. The number of benzene rings is 1. The fraction of sp³-hybridized carbons (Fsp3) is 0.571. The normalized spacial score (nSPS) is 18.6. The molecule has 1 unspecified atom stereocenters. The first-order chi connectivity index (χ1) is 9.24. The number of nitrogens with one attached hydrogen (secondary N) is 1. The lowest BCUT2D eigenvalue weighted by Gasteiger charge is -2.14. The van der Waals surface area contributed by atoms with E-state index in [1.165, 1.54) is 23.5 Å². The lowest BCUT2D eigenvalue weighted by atomic mass is 10.1. The maximum absolute atomic E-state index is 5.33. The number of hydrogen-bond acceptors (Lipinski definition) is 4. The highest BCUT2D eigenvalue weighted by atomic mass is 79.9. The van der Waals surface area contributed by atoms with E-state index in [0.29, 0.717) is 0 Å². The predicted octanol–water partition coefficient (Wildman–Crippen LogP) is 3.31. The van der Waals surface area contributed by atoms with Crippen molar-refractivity contribution in [2.24, 2.45) is 5.92 Å². The zero-order valence-corrected chi connectivity index (χ0v) is 13.8. The van der Waals surface area contributed by atoms with Crippen LogP contribution in [0.4, 0.5) is 0 Å². The van der Waals surface area contributed by atoms with Crippen molar-refractivity contribution in [2.75, 3.05) is 32.3 Å². The molecule has 106 valence electrons. The van der Waals surface area contributed by atoms with Gasteiger partial charge in [0, 0.05) is 11.0 Å². The maximum atomic E-state index is 5.33. The molecule has 1 heterocycles. The third-order valence-corrected chi connectivity index (χ3v) is 5.29. The molecule has 1 aromatic rings. The van der Waals surface area contributed by atoms with Gasteiger partial charge in [-0.15, -0.1) is 0 Å². The quantitative estimate of drug-likeness (QED) is 0.856. The molecule has 0 aromatic heterocycles. The Morgan fingerprint density at radius 2 is 2.05 bits per heavy atom. The highest BCUT2D eigenvalue weighted by Gasteiger charge is 2.15. The summed E-state index contributed by atoms with van der Waals surface area (Å²) in [7, 11) is 3.32. The molecular formula is C14H20BrNO2S. The second kappa shape index (κ2) is 7.41. The first-order valence-corrected chi connectivity index (χ1v) is 8.38. The zero-order valence-electron chi connectivity index (χ0n) is 11.4. The highest BCUT2D eigenvalue weighted by molar-refractivity contribution is 9.10. The minimum atomic E-state index is 0.755. The van der Waals surface area contributed by atoms with Crippen molar-refractivity contribution >= 4 is 27.7 Å². The molecule has 0 amide bonds. The topological polar surface area (TPSA) is 30.5 Å². The Balaban J connectivity index is 1.95. The second-order valence-corrected chi connectivity index (χ2v) is 6.66. The van der Waals surface area contributed by atoms with Gasteiger partial charge in [0.25, 0.3) is 0 Å². The van der Waals surface area contributed by atoms with E-state index in [4.69, 9.17) is 9.47 Å². The van der Waals surface area contributed by atoms with Gasteiger partial charge in [-0.3, -0.25) is 0 Å². The van der Waals surface area contributed by atoms with E-state index in [2.05, 4.69) is 33.0 Å². The summed E-state index contributed by atoms with van der Waals surface area (Å²) >= 11 is 5.64. The SMILES string of the molecule is COc1cc(Br)c(CNCC2CCSC2)cc1OC. The Hall–Kier alpha value is -0.390. The first kappa shape index (κ1) is 15.0. The molecule has 1 aromatic carbocycles. The van der Waals surface area contributed by atoms with Gasteiger partial charge < -0.3 is 14.8 Å². The molecule has 2 rings (SSSR count). The Kier molecular flexibility index (Phi) is 5.85. The van der Waals surface area contributed by atoms with Crippen LogP contribution >= 0.6 is 27.7 Å². The predicted molar refractivity (Wildman–Crippen MR) is 84.4 cm³/mol. The maximum Gasteiger partial charge on any atom is 0.161 e. The lowest BCUT2D eigenvalue weighted by molar-refractivity contribution is 0.354. The second-order valence-electron chi connectivity index (χ2n) is 4.66. The van der Waals surface area contributed by atoms with E-state index in [-0.39, 0.29) is 0 Å². The summed E-state index contributed by atoms with van der Waals surface area (Å²) in [4.78, 5) is 0. The van der Waals surface area contributed by atoms with Gasteiger partial charge in [-0.25, -0.2) is 0 Å². The number of ether oxygens (including phenoxy) is 2. The van der Waals surface area contributed by atoms with Gasteiger partial charge in [-0.1, -0.05) is 15.9 Å². The first-order valence-electron chi connectivity index (χ1n) is 6.43. The van der Waals surface area contributed by atoms with Crippen molar-refractivity contribution in [1.29, 1.82) is 0 Å². The van der Waals surface area contributed by atoms with Crippen molar-refractivity contribution in [2.45, 2.75) is 13.0 Å². The van der Waals surface area contributed by atoms with E-state index in [1.807, 2.05) is 12.1 Å². The van der Waals surface area contributed by atoms with E-state index in [1.54, 1.807) is 14.2 Å². The number of hydrogen-bond donors (Lipinski definition) is 1. The molecule has 19 heavy (non-hydrogen) atoms. The average Bonchev–Trinajstić information content (AvgIpc) is 2.93. The molecular weight excluding hydrogens is 326 g/mol. The lowest BCUT2D eigenvalue weighted by Crippen LogP contribution is -2.22. The van der Waals surface area contributed by atoms with E-state index in [0.717, 1.165) is 35.0 Å². The van der Waals surface area contributed by atoms with Crippen LogP contribution in [0.3, 0.4) is 0 Å². The average molecular weight is 346 g/mol. The third kappa shape index (κ3) is 4.04. The summed E-state index contributed by atoms with van der Waals surface area (Å²) in [6.07, 6.45) is 1.34. The zero-order chi connectivity index (χ0) is 13.7. The minimum Gasteiger partial charge on any atom is -0.493 e. The van der Waals surface area contributed by atoms with Crippen LogP contribution < -0.4 is 14.8 Å². The van der Waals surface area contributed by atoms with Gasteiger partial charge in [0.05, 0.1) is 14.2 Å². The van der Waals surface area contributed by atoms with Crippen LogP contribution in [0.25, 0.3) is 0 Å². The molecule has 0 saturated carbocycles. The Morgan fingerprint density at radius 3 is 2.68 bits per heavy atom. The van der Waals surface area contributed by atoms with Crippen LogP contribution in [0.15, 0.2) is 16.6 Å². The van der Waals surface area contributed by atoms with Crippen LogP contribution in [-0.2, 0) is 6.54 Å². The summed E-state index contributed by atoms with van der Waals surface area (Å²) in [5.74, 6) is 4.96. The monoisotopic (exact) mass is 345 g/mol. The smallest absolute Gasteiger partial charge is 0.161 e. The van der Waals surface area contributed by atoms with Crippen LogP contribution in [0, 0.1) is 5.92 Å². The molecule has 1 fully saturated rings. The largest absolute Gasteiger partial charge is 0.493 e.